The van der Waals surface area contributed by atoms with Crippen molar-refractivity contribution in [3.8, 4) is 0 Å². The number of hydrogen-bond donors (Lipinski definition) is 0. The minimum atomic E-state index is -2.07. The largest absolute Gasteiger partial charge is 0.459 e. The van der Waals surface area contributed by atoms with E-state index >= 15 is 4.39 Å². The summed E-state index contributed by atoms with van der Waals surface area (Å²) in [6, 6.07) is 0. The van der Waals surface area contributed by atoms with Gasteiger partial charge in [0.15, 0.2) is 23.7 Å². The van der Waals surface area contributed by atoms with Crippen LogP contribution in [-0.4, -0.2) is 53.5 Å². The van der Waals surface area contributed by atoms with Gasteiger partial charge in [0.1, 0.15) is 6.10 Å². The van der Waals surface area contributed by atoms with Crippen LogP contribution in [0.1, 0.15) is 106 Å². The predicted octanol–water partition coefficient (Wildman–Crippen LogP) is 5.95. The number of alkyl halides is 1. The zero-order valence-corrected chi connectivity index (χ0v) is 26.5. The third kappa shape index (κ3) is 5.18. The number of ether oxygens (including phenoxy) is 3. The van der Waals surface area contributed by atoms with Crippen LogP contribution in [0.2, 0.25) is 0 Å². The number of esters is 3. The number of allylic oxidation sites excluding steroid dienone is 4. The minimum Gasteiger partial charge on any atom is -0.459 e. The van der Waals surface area contributed by atoms with Crippen molar-refractivity contribution in [3.63, 3.8) is 0 Å². The molecule has 0 aromatic heterocycles. The van der Waals surface area contributed by atoms with E-state index in [1.807, 2.05) is 34.6 Å². The van der Waals surface area contributed by atoms with Crippen molar-refractivity contribution in [3.05, 3.63) is 23.8 Å². The van der Waals surface area contributed by atoms with E-state index in [1.54, 1.807) is 13.0 Å². The van der Waals surface area contributed by atoms with E-state index < -0.39 is 76.3 Å². The second-order valence-corrected chi connectivity index (χ2v) is 13.4. The first kappa shape index (κ1) is 33.1. The molecule has 4 rings (SSSR count). The minimum absolute atomic E-state index is 0.0663. The van der Waals surface area contributed by atoms with Crippen molar-refractivity contribution in [2.45, 2.75) is 123 Å². The number of halogens is 1. The van der Waals surface area contributed by atoms with E-state index in [9.17, 15) is 24.0 Å². The number of carbonyl (C=O) groups is 5. The number of rotatable bonds is 11. The third-order valence-corrected chi connectivity index (χ3v) is 10.8. The van der Waals surface area contributed by atoms with Gasteiger partial charge in [-0.3, -0.25) is 24.0 Å². The molecule has 0 spiro atoms. The highest BCUT2D eigenvalue weighted by atomic mass is 19.1. The Labute approximate surface area is 254 Å². The normalized spacial score (nSPS) is 37.8. The molecule has 8 atom stereocenters. The molecule has 4 aliphatic carbocycles. The maximum Gasteiger partial charge on any atom is 0.306 e. The second kappa shape index (κ2) is 12.3. The third-order valence-electron chi connectivity index (χ3n) is 10.8. The van der Waals surface area contributed by atoms with Crippen molar-refractivity contribution in [2.75, 3.05) is 6.61 Å². The van der Waals surface area contributed by atoms with Gasteiger partial charge < -0.3 is 14.2 Å². The van der Waals surface area contributed by atoms with Crippen molar-refractivity contribution < 1.29 is 42.6 Å². The van der Waals surface area contributed by atoms with Gasteiger partial charge in [-0.05, 0) is 69.9 Å². The van der Waals surface area contributed by atoms with Crippen LogP contribution in [0.3, 0.4) is 0 Å². The molecule has 0 radical (unpaired) electrons. The van der Waals surface area contributed by atoms with Gasteiger partial charge in [0, 0.05) is 41.9 Å². The lowest BCUT2D eigenvalue weighted by molar-refractivity contribution is -0.236. The molecule has 0 heterocycles. The van der Waals surface area contributed by atoms with E-state index in [4.69, 9.17) is 14.2 Å². The van der Waals surface area contributed by atoms with E-state index in [1.165, 1.54) is 12.2 Å². The summed E-state index contributed by atoms with van der Waals surface area (Å²) in [6.07, 6.45) is 6.34. The van der Waals surface area contributed by atoms with Crippen molar-refractivity contribution >= 4 is 29.5 Å². The quantitative estimate of drug-likeness (QED) is 0.211. The highest BCUT2D eigenvalue weighted by Gasteiger charge is 2.78. The van der Waals surface area contributed by atoms with Gasteiger partial charge in [0.25, 0.3) is 0 Å². The zero-order valence-electron chi connectivity index (χ0n) is 26.5. The summed E-state index contributed by atoms with van der Waals surface area (Å²) in [5.41, 5.74) is -5.42. The number of carbonyl (C=O) groups excluding carboxylic acids is 5. The van der Waals surface area contributed by atoms with Crippen molar-refractivity contribution in [1.29, 1.82) is 0 Å². The Morgan fingerprint density at radius 2 is 1.58 bits per heavy atom. The predicted molar refractivity (Wildman–Crippen MR) is 156 cm³/mol. The summed E-state index contributed by atoms with van der Waals surface area (Å²) in [4.78, 5) is 65.1. The number of fused-ring (bicyclic) bond motifs is 5. The molecule has 8 nitrogen and oxygen atoms in total. The molecular weight excluding hydrogens is 555 g/mol. The first-order valence-corrected chi connectivity index (χ1v) is 16.0. The SMILES string of the molecule is CCCC(=O)OCC(=O)[C@@]1(OC(=O)CCC)[C@H](C)CC2C3CCC4=CC(=O)C=C[C@]4(C)[C@@]3(F)C(OC(=O)CCC)C[C@@]21C. The molecule has 0 aliphatic heterocycles. The topological polar surface area (TPSA) is 113 Å². The van der Waals surface area contributed by atoms with Gasteiger partial charge in [-0.25, -0.2) is 4.39 Å². The van der Waals surface area contributed by atoms with Crippen LogP contribution in [-0.2, 0) is 38.2 Å². The van der Waals surface area contributed by atoms with Gasteiger partial charge in [0.05, 0.1) is 0 Å². The van der Waals surface area contributed by atoms with Crippen LogP contribution in [0, 0.1) is 28.6 Å². The molecule has 0 amide bonds. The lowest BCUT2D eigenvalue weighted by atomic mass is 9.44. The summed E-state index contributed by atoms with van der Waals surface area (Å²) in [5.74, 6) is -3.92. The fraction of sp³-hybridized carbons (Fsp3) is 0.735. The Morgan fingerprint density at radius 3 is 2.23 bits per heavy atom. The second-order valence-electron chi connectivity index (χ2n) is 13.4. The van der Waals surface area contributed by atoms with Crippen LogP contribution in [0.5, 0.6) is 0 Å². The van der Waals surface area contributed by atoms with Crippen LogP contribution >= 0.6 is 0 Å². The van der Waals surface area contributed by atoms with Crippen molar-refractivity contribution in [2.24, 2.45) is 28.6 Å². The number of Topliss-reactive ketones (excluding diaryl/α,β-unsaturated/α-hetero) is 1. The molecule has 238 valence electrons. The molecule has 0 N–H and O–H groups in total. The Hall–Kier alpha value is -2.84. The van der Waals surface area contributed by atoms with Gasteiger partial charge in [0.2, 0.25) is 5.78 Å². The number of ketones is 2. The molecular formula is C34H47FO8. The van der Waals surface area contributed by atoms with Crippen LogP contribution in [0.25, 0.3) is 0 Å². The van der Waals surface area contributed by atoms with Crippen LogP contribution < -0.4 is 0 Å². The molecule has 0 aromatic carbocycles. The molecule has 0 bridgehead atoms. The lowest BCUT2D eigenvalue weighted by Gasteiger charge is -2.63. The highest BCUT2D eigenvalue weighted by molar-refractivity contribution is 6.01. The summed E-state index contributed by atoms with van der Waals surface area (Å²) >= 11 is 0. The van der Waals surface area contributed by atoms with Crippen LogP contribution in [0.4, 0.5) is 4.39 Å². The molecule has 9 heteroatoms. The van der Waals surface area contributed by atoms with Crippen LogP contribution in [0.15, 0.2) is 23.8 Å². The molecule has 0 saturated heterocycles. The highest BCUT2D eigenvalue weighted by Crippen LogP contribution is 2.72. The first-order chi connectivity index (χ1) is 20.2. The summed E-state index contributed by atoms with van der Waals surface area (Å²) in [7, 11) is 0. The van der Waals surface area contributed by atoms with Crippen molar-refractivity contribution in [1.82, 2.24) is 0 Å². The standard InChI is InChI=1S/C34H47FO8/c1-7-10-28(38)41-20-26(37)34(43-30(40)12-9-3)21(4)17-25-24-14-13-22-18-23(36)15-16-31(22,5)33(24,35)27(19-32(25,34)6)42-29(39)11-8-2/h15-16,18,21,24-25,27H,7-14,17,19-20H2,1-6H3/t21-,24?,25?,27?,31+,32+,33+,34+/m1/s1. The van der Waals surface area contributed by atoms with Gasteiger partial charge in [-0.2, -0.15) is 0 Å². The fourth-order valence-corrected chi connectivity index (χ4v) is 8.88. The van der Waals surface area contributed by atoms with E-state index in [-0.39, 0.29) is 31.5 Å². The number of hydrogen-bond acceptors (Lipinski definition) is 8. The zero-order chi connectivity index (χ0) is 31.8. The maximum atomic E-state index is 18.3. The van der Waals surface area contributed by atoms with E-state index in [2.05, 4.69) is 0 Å². The maximum absolute atomic E-state index is 18.3. The Bertz CT molecular complexity index is 1220. The molecule has 4 aliphatic rings. The smallest absolute Gasteiger partial charge is 0.306 e. The fourth-order valence-electron chi connectivity index (χ4n) is 8.88. The Balaban J connectivity index is 1.86. The summed E-state index contributed by atoms with van der Waals surface area (Å²) in [6.45, 7) is 10.4. The monoisotopic (exact) mass is 602 g/mol. The average Bonchev–Trinajstić information content (AvgIpc) is 3.15. The molecule has 43 heavy (non-hydrogen) atoms. The van der Waals surface area contributed by atoms with Gasteiger partial charge in [-0.15, -0.1) is 0 Å². The van der Waals surface area contributed by atoms with Gasteiger partial charge >= 0.3 is 17.9 Å². The molecule has 3 fully saturated rings. The molecule has 0 aromatic rings. The van der Waals surface area contributed by atoms with E-state index in [0.717, 1.165) is 0 Å². The van der Waals surface area contributed by atoms with E-state index in [0.29, 0.717) is 44.1 Å². The summed E-state index contributed by atoms with van der Waals surface area (Å²) in [5, 5.41) is 0. The Kier molecular flexibility index (Phi) is 9.44. The summed E-state index contributed by atoms with van der Waals surface area (Å²) < 4.78 is 35.9. The molecule has 3 saturated carbocycles. The average molecular weight is 603 g/mol. The molecule has 3 unspecified atom stereocenters. The van der Waals surface area contributed by atoms with Gasteiger partial charge in [-0.1, -0.05) is 46.3 Å². The Morgan fingerprint density at radius 1 is 0.953 bits per heavy atom. The first-order valence-electron chi connectivity index (χ1n) is 16.0. The lowest BCUT2D eigenvalue weighted by Crippen LogP contribution is -2.70.